The molecule has 0 bridgehead atoms. The minimum absolute atomic E-state index is 0.113. The number of amides is 2. The van der Waals surface area contributed by atoms with Gasteiger partial charge >= 0.3 is 35.9 Å². The van der Waals surface area contributed by atoms with Crippen molar-refractivity contribution in [3.63, 3.8) is 0 Å². The van der Waals surface area contributed by atoms with Crippen LogP contribution < -0.4 is 10.6 Å². The second kappa shape index (κ2) is 22.3. The number of ether oxygens (including phenoxy) is 2. The van der Waals surface area contributed by atoms with Crippen molar-refractivity contribution in [2.75, 3.05) is 27.3 Å². The van der Waals surface area contributed by atoms with Crippen molar-refractivity contribution < 1.29 is 54.9 Å². The molecule has 0 saturated heterocycles. The zero-order chi connectivity index (χ0) is 43.0. The summed E-state index contributed by atoms with van der Waals surface area (Å²) in [5.41, 5.74) is 1.42. The number of hydrogen-bond acceptors (Lipinski definition) is 10. The second-order valence-electron chi connectivity index (χ2n) is 12.5. The standard InChI is InChI=1S/C21H23N3O4.C17H15N3O2.C4H7O2.BrH.Zn/c1-4-28-19(25)11-21(27,18-12-24(3)13-23-18)17-8-7-14-9-16(20(26)22-2)6-5-15(14)10-17;1-18-17(22)14-6-4-11-7-13(5-3-12(11)8-14)16(21)15-9-20(2)10-19-15;1-3-6-4(2)5;;/h5-10,12-13,27H,4,11H2,1-3H3,(H,22,26);3-10H,1-2H3,(H,18,22);2-3H2,1H3;1H;/q;;-1;;+2/p-1. The quantitative estimate of drug-likeness (QED) is 0.0686. The van der Waals surface area contributed by atoms with Crippen LogP contribution in [0.1, 0.15) is 68.3 Å². The number of nitrogens with one attached hydrogen (secondary N) is 2. The van der Waals surface area contributed by atoms with Crippen molar-refractivity contribution in [2.45, 2.75) is 25.9 Å². The van der Waals surface area contributed by atoms with E-state index in [1.54, 1.807) is 106 Å². The Kier molecular flexibility index (Phi) is 17.9. The van der Waals surface area contributed by atoms with Gasteiger partial charge in [-0.15, -0.1) is 0 Å². The third-order valence-electron chi connectivity index (χ3n) is 8.48. The molecule has 1 unspecified atom stereocenters. The number of aryl methyl sites for hydroxylation is 2. The monoisotopic (exact) mass is 904 g/mol. The van der Waals surface area contributed by atoms with Gasteiger partial charge in [-0.25, -0.2) is 9.97 Å². The molecule has 1 atom stereocenters. The Hall–Kier alpha value is -5.70. The molecule has 0 aliphatic carbocycles. The van der Waals surface area contributed by atoms with Crippen molar-refractivity contribution in [3.8, 4) is 0 Å². The predicted octanol–water partition coefficient (Wildman–Crippen LogP) is 5.51. The molecule has 6 rings (SSSR count). The minimum atomic E-state index is -1.62. The number of aromatic nitrogens is 4. The molecule has 0 aliphatic heterocycles. The Bertz CT molecular complexity index is 2380. The van der Waals surface area contributed by atoms with Gasteiger partial charge in [-0.1, -0.05) is 36.4 Å². The van der Waals surface area contributed by atoms with Gasteiger partial charge in [-0.05, 0) is 77.4 Å². The Balaban J connectivity index is 0.000000267. The maximum atomic E-state index is 12.4. The van der Waals surface area contributed by atoms with Gasteiger partial charge in [0.05, 0.1) is 38.0 Å². The summed E-state index contributed by atoms with van der Waals surface area (Å²) in [6, 6.07) is 21.5. The summed E-state index contributed by atoms with van der Waals surface area (Å²) in [5.74, 6) is -1.38. The number of esters is 2. The molecular weight excluding hydrogens is 862 g/mol. The van der Waals surface area contributed by atoms with E-state index in [9.17, 15) is 29.1 Å². The molecule has 0 radical (unpaired) electrons. The van der Waals surface area contributed by atoms with E-state index in [2.05, 4.69) is 45.9 Å². The fourth-order valence-corrected chi connectivity index (χ4v) is 5.69. The van der Waals surface area contributed by atoms with Gasteiger partial charge < -0.3 is 34.3 Å². The van der Waals surface area contributed by atoms with Crippen LogP contribution in [0.15, 0.2) is 97.8 Å². The van der Waals surface area contributed by atoms with E-state index in [1.165, 1.54) is 16.3 Å². The summed E-state index contributed by atoms with van der Waals surface area (Å²) in [6.07, 6.45) is 6.30. The first kappa shape index (κ1) is 46.7. The number of fused-ring (bicyclic) bond motifs is 2. The van der Waals surface area contributed by atoms with E-state index >= 15 is 0 Å². The van der Waals surface area contributed by atoms with Crippen LogP contribution in [0.3, 0.4) is 0 Å². The number of benzene rings is 4. The summed E-state index contributed by atoms with van der Waals surface area (Å²) < 4.78 is 12.8. The third kappa shape index (κ3) is 12.4. The molecule has 0 spiro atoms. The molecule has 2 aromatic heterocycles. The number of carbonyl (C=O) groups excluding carboxylic acids is 5. The van der Waals surface area contributed by atoms with E-state index in [4.69, 9.17) is 4.74 Å². The number of halogens is 1. The Morgan fingerprint density at radius 2 is 1.19 bits per heavy atom. The van der Waals surface area contributed by atoms with Crippen LogP contribution in [0.4, 0.5) is 0 Å². The molecule has 14 nitrogen and oxygen atoms in total. The van der Waals surface area contributed by atoms with Crippen molar-refractivity contribution in [1.29, 1.82) is 0 Å². The molecule has 4 aromatic carbocycles. The topological polar surface area (TPSA) is 184 Å². The molecule has 0 fully saturated rings. The summed E-state index contributed by atoms with van der Waals surface area (Å²) in [6.45, 7) is 7.08. The summed E-state index contributed by atoms with van der Waals surface area (Å²) >= 11 is 4.25. The first-order chi connectivity index (χ1) is 27.7. The van der Waals surface area contributed by atoms with E-state index in [-0.39, 0.29) is 30.6 Å². The van der Waals surface area contributed by atoms with Gasteiger partial charge in [-0.2, -0.15) is 0 Å². The number of imidazole rings is 2. The van der Waals surface area contributed by atoms with E-state index in [0.29, 0.717) is 40.2 Å². The maximum absolute atomic E-state index is 12.4. The van der Waals surface area contributed by atoms with Gasteiger partial charge in [0.15, 0.2) is 5.97 Å². The molecule has 16 heteroatoms. The Morgan fingerprint density at radius 1 is 0.724 bits per heavy atom. The average Bonchev–Trinajstić information content (AvgIpc) is 3.88. The molecule has 2 amide bonds. The molecule has 3 N–H and O–H groups in total. The van der Waals surface area contributed by atoms with Crippen LogP contribution in [-0.2, 0) is 55.1 Å². The fraction of sp³-hybridized carbons (Fsp3) is 0.238. The number of ketones is 1. The Labute approximate surface area is 353 Å². The van der Waals surface area contributed by atoms with Crippen molar-refractivity contribution in [1.82, 2.24) is 29.7 Å². The van der Waals surface area contributed by atoms with Crippen molar-refractivity contribution in [3.05, 3.63) is 138 Å². The van der Waals surface area contributed by atoms with Crippen molar-refractivity contribution >= 4 is 64.7 Å². The number of rotatable bonds is 10. The Morgan fingerprint density at radius 3 is 1.62 bits per heavy atom. The van der Waals surface area contributed by atoms with Gasteiger partial charge in [-0.3, -0.25) is 30.9 Å². The second-order valence-corrected chi connectivity index (χ2v) is 12.5. The number of aliphatic hydroxyl groups is 1. The van der Waals surface area contributed by atoms with Crippen LogP contribution in [0.5, 0.6) is 0 Å². The zero-order valence-corrected chi connectivity index (χ0v) is 37.8. The molecule has 58 heavy (non-hydrogen) atoms. The number of hydrogen-bond donors (Lipinski definition) is 3. The first-order valence-electron chi connectivity index (χ1n) is 17.9. The van der Waals surface area contributed by atoms with E-state index < -0.39 is 17.5 Å². The van der Waals surface area contributed by atoms with Gasteiger partial charge in [0.1, 0.15) is 11.3 Å². The SMILES string of the molecule is CCOC(=O)CC(O)(c1ccc2cc(C(=O)NC)ccc2c1)c1cn(C)cn1.CNC(=O)c1ccc2cc(C(=O)c3cn(C)cn3)ccc2c1.[CH2-]C(=O)OCC.[Zn+][Br]. The summed E-state index contributed by atoms with van der Waals surface area (Å²) in [7, 11) is 6.80. The van der Waals surface area contributed by atoms with Crippen LogP contribution in [0, 0.1) is 6.92 Å². The molecule has 0 aliphatic rings. The summed E-state index contributed by atoms with van der Waals surface area (Å²) in [4.78, 5) is 66.1. The molecule has 2 heterocycles. The summed E-state index contributed by atoms with van der Waals surface area (Å²) in [5, 5.41) is 20.2. The van der Waals surface area contributed by atoms with Crippen LogP contribution in [-0.4, -0.2) is 81.1 Å². The van der Waals surface area contributed by atoms with Crippen LogP contribution in [0.2, 0.25) is 0 Å². The normalized spacial score (nSPS) is 11.3. The number of nitrogens with zero attached hydrogens (tertiary/aromatic N) is 4. The average molecular weight is 907 g/mol. The number of carbonyl (C=O) groups is 5. The van der Waals surface area contributed by atoms with Crippen molar-refractivity contribution in [2.24, 2.45) is 14.1 Å². The van der Waals surface area contributed by atoms with Gasteiger partial charge in [0.2, 0.25) is 5.78 Å². The predicted molar refractivity (Wildman–Crippen MR) is 220 cm³/mol. The van der Waals surface area contributed by atoms with Crippen LogP contribution in [0.25, 0.3) is 21.5 Å². The molecule has 300 valence electrons. The molecule has 0 saturated carbocycles. The van der Waals surface area contributed by atoms with E-state index in [1.807, 2.05) is 43.4 Å². The zero-order valence-electron chi connectivity index (χ0n) is 33.2. The van der Waals surface area contributed by atoms with Crippen LogP contribution >= 0.6 is 13.6 Å². The molecule has 6 aromatic rings. The molecular formula is C42H45BrN6O8Zn. The first-order valence-corrected chi connectivity index (χ1v) is 24.8. The third-order valence-corrected chi connectivity index (χ3v) is 8.48. The van der Waals surface area contributed by atoms with Gasteiger partial charge in [0.25, 0.3) is 11.8 Å². The van der Waals surface area contributed by atoms with E-state index in [0.717, 1.165) is 21.5 Å². The van der Waals surface area contributed by atoms with Gasteiger partial charge in [0, 0.05) is 57.3 Å². The fourth-order valence-electron chi connectivity index (χ4n) is 5.69.